The van der Waals surface area contributed by atoms with Gasteiger partial charge in [-0.2, -0.15) is 5.10 Å². The molecule has 28 heavy (non-hydrogen) atoms. The van der Waals surface area contributed by atoms with Gasteiger partial charge in [-0.15, -0.1) is 0 Å². The molecule has 2 aromatic heterocycles. The van der Waals surface area contributed by atoms with Crippen LogP contribution in [0.15, 0.2) is 54.6 Å². The van der Waals surface area contributed by atoms with Crippen molar-refractivity contribution < 1.29 is 4.79 Å². The molecule has 0 aliphatic carbocycles. The van der Waals surface area contributed by atoms with Gasteiger partial charge in [0.2, 0.25) is 0 Å². The summed E-state index contributed by atoms with van der Waals surface area (Å²) in [6.07, 6.45) is 0. The van der Waals surface area contributed by atoms with Crippen molar-refractivity contribution in [2.24, 2.45) is 0 Å². The third-order valence-electron chi connectivity index (χ3n) is 4.61. The highest BCUT2D eigenvalue weighted by Crippen LogP contribution is 2.31. The van der Waals surface area contributed by atoms with E-state index in [0.29, 0.717) is 23.9 Å². The van der Waals surface area contributed by atoms with Gasteiger partial charge in [0.1, 0.15) is 5.69 Å². The van der Waals surface area contributed by atoms with Crippen molar-refractivity contribution in [2.75, 3.05) is 4.90 Å². The van der Waals surface area contributed by atoms with E-state index in [-0.39, 0.29) is 5.91 Å². The lowest BCUT2D eigenvalue weighted by Gasteiger charge is -2.20. The molecule has 142 valence electrons. The number of hydrogen-bond acceptors (Lipinski definition) is 4. The largest absolute Gasteiger partial charge is 0.278 e. The monoisotopic (exact) mass is 390 g/mol. The number of aromatic nitrogens is 3. The topological polar surface area (TPSA) is 51.0 Å². The highest BCUT2D eigenvalue weighted by Gasteiger charge is 2.25. The number of amides is 1. The zero-order valence-corrected chi connectivity index (χ0v) is 17.0. The lowest BCUT2D eigenvalue weighted by molar-refractivity contribution is 0.0975. The Morgan fingerprint density at radius 1 is 1.11 bits per heavy atom. The van der Waals surface area contributed by atoms with E-state index in [1.165, 1.54) is 5.56 Å². The molecule has 2 heterocycles. The van der Waals surface area contributed by atoms with Crippen LogP contribution in [0.4, 0.5) is 5.13 Å². The molecular weight excluding hydrogens is 368 g/mol. The van der Waals surface area contributed by atoms with Gasteiger partial charge >= 0.3 is 0 Å². The predicted octanol–water partition coefficient (Wildman–Crippen LogP) is 4.98. The number of thiazole rings is 1. The maximum atomic E-state index is 13.5. The molecule has 0 atom stereocenters. The lowest BCUT2D eigenvalue weighted by atomic mass is 10.2. The molecule has 0 aliphatic heterocycles. The van der Waals surface area contributed by atoms with Crippen LogP contribution >= 0.6 is 11.3 Å². The van der Waals surface area contributed by atoms with E-state index < -0.39 is 0 Å². The average Bonchev–Trinajstić information content (AvgIpc) is 3.29. The van der Waals surface area contributed by atoms with Crippen LogP contribution in [0.3, 0.4) is 0 Å². The Hall–Kier alpha value is -2.99. The van der Waals surface area contributed by atoms with Gasteiger partial charge in [-0.3, -0.25) is 14.4 Å². The maximum Gasteiger partial charge on any atom is 0.278 e. The summed E-state index contributed by atoms with van der Waals surface area (Å²) in [5, 5.41) is 5.14. The second kappa shape index (κ2) is 7.56. The van der Waals surface area contributed by atoms with Gasteiger partial charge in [-0.05, 0) is 50.1 Å². The van der Waals surface area contributed by atoms with E-state index in [4.69, 9.17) is 4.98 Å². The van der Waals surface area contributed by atoms with Gasteiger partial charge < -0.3 is 0 Å². The van der Waals surface area contributed by atoms with Gasteiger partial charge in [0, 0.05) is 6.54 Å². The smallest absolute Gasteiger partial charge is 0.278 e. The Morgan fingerprint density at radius 2 is 1.89 bits per heavy atom. The van der Waals surface area contributed by atoms with Crippen molar-refractivity contribution >= 4 is 32.6 Å². The fourth-order valence-corrected chi connectivity index (χ4v) is 4.29. The molecule has 0 bridgehead atoms. The van der Waals surface area contributed by atoms with Crippen molar-refractivity contribution in [2.45, 2.75) is 33.9 Å². The number of carbonyl (C=O) groups is 1. The minimum Gasteiger partial charge on any atom is -0.278 e. The quantitative estimate of drug-likeness (QED) is 0.483. The van der Waals surface area contributed by atoms with Crippen molar-refractivity contribution in [3.63, 3.8) is 0 Å². The Morgan fingerprint density at radius 3 is 2.64 bits per heavy atom. The molecule has 0 saturated carbocycles. The van der Waals surface area contributed by atoms with Gasteiger partial charge in [-0.25, -0.2) is 4.98 Å². The molecule has 0 saturated heterocycles. The summed E-state index contributed by atoms with van der Waals surface area (Å²) in [5.74, 6) is -0.0814. The molecule has 0 N–H and O–H groups in total. The zero-order valence-electron chi connectivity index (χ0n) is 16.2. The number of hydrogen-bond donors (Lipinski definition) is 0. The van der Waals surface area contributed by atoms with Crippen molar-refractivity contribution in [3.8, 4) is 0 Å². The van der Waals surface area contributed by atoms with Gasteiger partial charge in [0.25, 0.3) is 5.91 Å². The third kappa shape index (κ3) is 3.55. The summed E-state index contributed by atoms with van der Waals surface area (Å²) >= 11 is 1.55. The van der Waals surface area contributed by atoms with Crippen LogP contribution in [0.25, 0.3) is 10.2 Å². The predicted molar refractivity (Wildman–Crippen MR) is 114 cm³/mol. The molecule has 5 nitrogen and oxygen atoms in total. The third-order valence-corrected chi connectivity index (χ3v) is 5.65. The average molecular weight is 391 g/mol. The summed E-state index contributed by atoms with van der Waals surface area (Å²) in [7, 11) is 0. The molecule has 1 amide bonds. The van der Waals surface area contributed by atoms with Crippen LogP contribution in [-0.2, 0) is 13.1 Å². The van der Waals surface area contributed by atoms with Crippen molar-refractivity contribution in [1.82, 2.24) is 14.8 Å². The number of fused-ring (bicyclic) bond motifs is 1. The van der Waals surface area contributed by atoms with Crippen LogP contribution in [0.2, 0.25) is 0 Å². The zero-order chi connectivity index (χ0) is 19.7. The Kier molecular flexibility index (Phi) is 4.96. The number of carbonyl (C=O) groups excluding carboxylic acids is 1. The van der Waals surface area contributed by atoms with E-state index in [9.17, 15) is 4.79 Å². The normalized spacial score (nSPS) is 11.1. The molecule has 4 aromatic rings. The van der Waals surface area contributed by atoms with E-state index in [2.05, 4.69) is 18.1 Å². The highest BCUT2D eigenvalue weighted by molar-refractivity contribution is 7.22. The number of anilines is 1. The van der Waals surface area contributed by atoms with Gasteiger partial charge in [0.15, 0.2) is 5.13 Å². The molecule has 4 rings (SSSR count). The second-order valence-corrected chi connectivity index (χ2v) is 7.84. The van der Waals surface area contributed by atoms with E-state index >= 15 is 0 Å². The molecule has 0 unspecified atom stereocenters. The number of benzene rings is 2. The minimum absolute atomic E-state index is 0.0814. The summed E-state index contributed by atoms with van der Waals surface area (Å²) < 4.78 is 2.84. The number of aryl methyl sites for hydroxylation is 3. The van der Waals surface area contributed by atoms with E-state index in [1.807, 2.05) is 62.4 Å². The fraction of sp³-hybridized carbons (Fsp3) is 0.227. The van der Waals surface area contributed by atoms with E-state index in [1.54, 1.807) is 20.9 Å². The lowest BCUT2D eigenvalue weighted by Crippen LogP contribution is -2.32. The van der Waals surface area contributed by atoms with Crippen LogP contribution in [0.1, 0.15) is 34.2 Å². The Bertz CT molecular complexity index is 1130. The summed E-state index contributed by atoms with van der Waals surface area (Å²) in [6.45, 7) is 7.07. The standard InChI is InChI=1S/C22H22N4OS/c1-4-26-19(13-16(3)24-26)21(27)25(14-17-8-6-5-7-9-17)22-23-18-11-10-15(2)12-20(18)28-22/h5-13H,4,14H2,1-3H3. The Balaban J connectivity index is 1.79. The number of rotatable bonds is 5. The first kappa shape index (κ1) is 18.4. The Labute approximate surface area is 168 Å². The van der Waals surface area contributed by atoms with E-state index in [0.717, 1.165) is 21.5 Å². The first-order valence-electron chi connectivity index (χ1n) is 9.32. The second-order valence-electron chi connectivity index (χ2n) is 6.83. The maximum absolute atomic E-state index is 13.5. The minimum atomic E-state index is -0.0814. The highest BCUT2D eigenvalue weighted by atomic mass is 32.1. The molecule has 0 aliphatic rings. The van der Waals surface area contributed by atoms with Crippen molar-refractivity contribution in [3.05, 3.63) is 77.1 Å². The van der Waals surface area contributed by atoms with Crippen molar-refractivity contribution in [1.29, 1.82) is 0 Å². The SMILES string of the molecule is CCn1nc(C)cc1C(=O)N(Cc1ccccc1)c1nc2ccc(C)cc2s1. The van der Waals surface area contributed by atoms with Crippen LogP contribution in [0.5, 0.6) is 0 Å². The molecule has 0 spiro atoms. The van der Waals surface area contributed by atoms with Gasteiger partial charge in [-0.1, -0.05) is 47.7 Å². The fourth-order valence-electron chi connectivity index (χ4n) is 3.22. The first-order valence-corrected chi connectivity index (χ1v) is 10.1. The molecule has 2 aromatic carbocycles. The molecule has 0 fully saturated rings. The van der Waals surface area contributed by atoms with Crippen LogP contribution in [-0.4, -0.2) is 20.7 Å². The summed E-state index contributed by atoms with van der Waals surface area (Å²) in [5.41, 5.74) is 4.58. The number of nitrogens with zero attached hydrogens (tertiary/aromatic N) is 4. The van der Waals surface area contributed by atoms with Crippen LogP contribution < -0.4 is 4.90 Å². The summed E-state index contributed by atoms with van der Waals surface area (Å²) in [4.78, 5) is 20.0. The van der Waals surface area contributed by atoms with Crippen LogP contribution in [0, 0.1) is 13.8 Å². The van der Waals surface area contributed by atoms with Gasteiger partial charge in [0.05, 0.1) is 22.5 Å². The molecular formula is C22H22N4OS. The molecule has 6 heteroatoms. The molecule has 0 radical (unpaired) electrons. The first-order chi connectivity index (χ1) is 13.5. The summed E-state index contributed by atoms with van der Waals surface area (Å²) in [6, 6.07) is 18.0.